The summed E-state index contributed by atoms with van der Waals surface area (Å²) in [6.07, 6.45) is 7.01. The zero-order valence-electron chi connectivity index (χ0n) is 12.9. The van der Waals surface area contributed by atoms with Gasteiger partial charge in [0.2, 0.25) is 0 Å². The van der Waals surface area contributed by atoms with Crippen LogP contribution in [0.4, 0.5) is 0 Å². The van der Waals surface area contributed by atoms with E-state index in [0.717, 1.165) is 37.3 Å². The number of hydrogen-bond donors (Lipinski definition) is 2. The number of H-pyrrole nitrogens is 1. The maximum Gasteiger partial charge on any atom is 0.0900 e. The molecule has 0 amide bonds. The van der Waals surface area contributed by atoms with E-state index in [4.69, 9.17) is 0 Å². The van der Waals surface area contributed by atoms with Gasteiger partial charge in [0.1, 0.15) is 0 Å². The molecule has 0 aliphatic rings. The van der Waals surface area contributed by atoms with Crippen molar-refractivity contribution in [2.24, 2.45) is 0 Å². The largest absolute Gasteiger partial charge is 0.316 e. The van der Waals surface area contributed by atoms with Crippen LogP contribution in [0.2, 0.25) is 0 Å². The number of nitrogens with zero attached hydrogens (tertiary/aromatic N) is 2. The molecule has 0 spiro atoms. The second kappa shape index (κ2) is 9.29. The first-order valence-corrected chi connectivity index (χ1v) is 8.03. The Balaban J connectivity index is 1.71. The van der Waals surface area contributed by atoms with Gasteiger partial charge in [-0.15, -0.1) is 0 Å². The van der Waals surface area contributed by atoms with E-state index in [2.05, 4.69) is 51.9 Å². The van der Waals surface area contributed by atoms with Gasteiger partial charge in [-0.3, -0.25) is 0 Å². The van der Waals surface area contributed by atoms with Gasteiger partial charge in [0.25, 0.3) is 0 Å². The monoisotopic (exact) mass is 286 g/mol. The second-order valence-corrected chi connectivity index (χ2v) is 5.44. The van der Waals surface area contributed by atoms with Crippen molar-refractivity contribution in [3.8, 4) is 0 Å². The molecular formula is C17H26N4. The molecule has 2 rings (SSSR count). The Labute approximate surface area is 127 Å². The molecule has 0 saturated carbocycles. The molecular weight excluding hydrogens is 260 g/mol. The van der Waals surface area contributed by atoms with Crippen molar-refractivity contribution in [1.29, 1.82) is 0 Å². The minimum atomic E-state index is 0.850. The first-order chi connectivity index (χ1) is 10.4. The predicted octanol–water partition coefficient (Wildman–Crippen LogP) is 3.11. The summed E-state index contributed by atoms with van der Waals surface area (Å²) < 4.78 is 0. The minimum absolute atomic E-state index is 0.850. The van der Waals surface area contributed by atoms with Gasteiger partial charge in [0.05, 0.1) is 11.4 Å². The molecule has 0 fully saturated rings. The van der Waals surface area contributed by atoms with E-state index in [-0.39, 0.29) is 0 Å². The number of hydrogen-bond acceptors (Lipinski definition) is 3. The topological polar surface area (TPSA) is 53.6 Å². The van der Waals surface area contributed by atoms with E-state index in [9.17, 15) is 0 Å². The van der Waals surface area contributed by atoms with Crippen LogP contribution < -0.4 is 5.32 Å². The number of benzene rings is 1. The van der Waals surface area contributed by atoms with Gasteiger partial charge in [-0.25, -0.2) is 0 Å². The number of aromatic amines is 1. The van der Waals surface area contributed by atoms with Crippen LogP contribution in [-0.4, -0.2) is 28.5 Å². The first kappa shape index (κ1) is 15.7. The molecule has 0 atom stereocenters. The fourth-order valence-electron chi connectivity index (χ4n) is 2.41. The molecule has 4 nitrogen and oxygen atoms in total. The van der Waals surface area contributed by atoms with E-state index in [1.54, 1.807) is 0 Å². The summed E-state index contributed by atoms with van der Waals surface area (Å²) in [5.74, 6) is 0. The van der Waals surface area contributed by atoms with Crippen LogP contribution in [0.25, 0.3) is 0 Å². The Morgan fingerprint density at radius 2 is 1.76 bits per heavy atom. The average Bonchev–Trinajstić information content (AvgIpc) is 2.95. The molecule has 2 aromatic rings. The molecule has 1 aromatic carbocycles. The summed E-state index contributed by atoms with van der Waals surface area (Å²) in [5.41, 5.74) is 3.43. The van der Waals surface area contributed by atoms with E-state index < -0.39 is 0 Å². The molecule has 1 aromatic heterocycles. The third-order valence-corrected chi connectivity index (χ3v) is 3.66. The Hall–Kier alpha value is -1.68. The van der Waals surface area contributed by atoms with Crippen molar-refractivity contribution < 1.29 is 0 Å². The Morgan fingerprint density at radius 3 is 2.57 bits per heavy atom. The maximum atomic E-state index is 4.29. The molecule has 0 bridgehead atoms. The second-order valence-electron chi connectivity index (χ2n) is 5.44. The molecule has 0 radical (unpaired) electrons. The highest BCUT2D eigenvalue weighted by atomic mass is 15.3. The van der Waals surface area contributed by atoms with E-state index >= 15 is 0 Å². The van der Waals surface area contributed by atoms with Gasteiger partial charge >= 0.3 is 0 Å². The number of aromatic nitrogens is 3. The van der Waals surface area contributed by atoms with E-state index in [1.807, 2.05) is 6.07 Å². The highest BCUT2D eigenvalue weighted by Gasteiger charge is 2.08. The smallest absolute Gasteiger partial charge is 0.0900 e. The summed E-state index contributed by atoms with van der Waals surface area (Å²) in [6, 6.07) is 10.4. The molecule has 0 aliphatic heterocycles. The summed E-state index contributed by atoms with van der Waals surface area (Å²) in [6.45, 7) is 4.32. The quantitative estimate of drug-likeness (QED) is 0.660. The molecule has 1 heterocycles. The lowest BCUT2D eigenvalue weighted by Crippen LogP contribution is -2.19. The van der Waals surface area contributed by atoms with Gasteiger partial charge in [-0.05, 0) is 18.5 Å². The van der Waals surface area contributed by atoms with Crippen molar-refractivity contribution in [2.45, 2.75) is 45.4 Å². The van der Waals surface area contributed by atoms with Crippen molar-refractivity contribution in [3.05, 3.63) is 47.3 Å². The van der Waals surface area contributed by atoms with Gasteiger partial charge in [-0.2, -0.15) is 15.4 Å². The van der Waals surface area contributed by atoms with Gasteiger partial charge in [0, 0.05) is 19.4 Å². The number of nitrogens with one attached hydrogen (secondary N) is 2. The van der Waals surface area contributed by atoms with Gasteiger partial charge in [0.15, 0.2) is 0 Å². The van der Waals surface area contributed by atoms with Crippen LogP contribution in [0.15, 0.2) is 30.3 Å². The summed E-state index contributed by atoms with van der Waals surface area (Å²) in [5, 5.41) is 14.8. The number of unbranched alkanes of at least 4 members (excludes halogenated alkanes) is 3. The molecule has 0 aliphatic carbocycles. The van der Waals surface area contributed by atoms with Gasteiger partial charge < -0.3 is 5.32 Å². The summed E-state index contributed by atoms with van der Waals surface area (Å²) >= 11 is 0. The normalized spacial score (nSPS) is 10.9. The Morgan fingerprint density at radius 1 is 0.952 bits per heavy atom. The van der Waals surface area contributed by atoms with Crippen LogP contribution in [0.5, 0.6) is 0 Å². The summed E-state index contributed by atoms with van der Waals surface area (Å²) in [4.78, 5) is 0. The first-order valence-electron chi connectivity index (χ1n) is 8.03. The molecule has 4 heteroatoms. The summed E-state index contributed by atoms with van der Waals surface area (Å²) in [7, 11) is 0. The standard InChI is InChI=1S/C17H26N4/c1-2-3-4-8-12-18-13-11-16-17(20-21-19-16)14-15-9-6-5-7-10-15/h5-7,9-10,18H,2-4,8,11-14H2,1H3,(H,19,20,21). The maximum absolute atomic E-state index is 4.29. The van der Waals surface area contributed by atoms with Crippen LogP contribution in [0, 0.1) is 0 Å². The van der Waals surface area contributed by atoms with E-state index in [0.29, 0.717) is 0 Å². The predicted molar refractivity (Wildman–Crippen MR) is 86.3 cm³/mol. The average molecular weight is 286 g/mol. The van der Waals surface area contributed by atoms with Gasteiger partial charge in [-0.1, -0.05) is 56.5 Å². The fourth-order valence-corrected chi connectivity index (χ4v) is 2.41. The zero-order valence-corrected chi connectivity index (χ0v) is 12.9. The number of rotatable bonds is 10. The SMILES string of the molecule is CCCCCCNCCc1n[nH]nc1Cc1ccccc1. The molecule has 21 heavy (non-hydrogen) atoms. The minimum Gasteiger partial charge on any atom is -0.316 e. The van der Waals surface area contributed by atoms with Crippen LogP contribution in [0.1, 0.15) is 49.6 Å². The lowest BCUT2D eigenvalue weighted by Gasteiger charge is -2.04. The highest BCUT2D eigenvalue weighted by Crippen LogP contribution is 2.09. The van der Waals surface area contributed by atoms with Crippen molar-refractivity contribution in [1.82, 2.24) is 20.7 Å². The fraction of sp³-hybridized carbons (Fsp3) is 0.529. The zero-order chi connectivity index (χ0) is 14.8. The Kier molecular flexibility index (Phi) is 6.95. The molecule has 0 unspecified atom stereocenters. The van der Waals surface area contributed by atoms with Crippen LogP contribution in [-0.2, 0) is 12.8 Å². The van der Waals surface area contributed by atoms with Crippen LogP contribution in [0.3, 0.4) is 0 Å². The van der Waals surface area contributed by atoms with Crippen LogP contribution >= 0.6 is 0 Å². The van der Waals surface area contributed by atoms with Crippen molar-refractivity contribution in [2.75, 3.05) is 13.1 Å². The lowest BCUT2D eigenvalue weighted by atomic mass is 10.1. The molecule has 2 N–H and O–H groups in total. The third kappa shape index (κ3) is 5.68. The third-order valence-electron chi connectivity index (χ3n) is 3.66. The molecule has 0 saturated heterocycles. The van der Waals surface area contributed by atoms with Crippen molar-refractivity contribution in [3.63, 3.8) is 0 Å². The lowest BCUT2D eigenvalue weighted by molar-refractivity contribution is 0.596. The van der Waals surface area contributed by atoms with Crippen molar-refractivity contribution >= 4 is 0 Å². The van der Waals surface area contributed by atoms with E-state index in [1.165, 1.54) is 31.2 Å². The Bertz CT molecular complexity index is 493. The highest BCUT2D eigenvalue weighted by molar-refractivity contribution is 5.23. The molecule has 114 valence electrons.